The van der Waals surface area contributed by atoms with Crippen LogP contribution in [-0.2, 0) is 0 Å². The van der Waals surface area contributed by atoms with E-state index in [1.165, 1.54) is 0 Å². The van der Waals surface area contributed by atoms with Gasteiger partial charge in [0.15, 0.2) is 5.43 Å². The number of nitrogens with zero attached hydrogens (tertiary/aromatic N) is 1. The maximum Gasteiger partial charge on any atom is 0.197 e. The average Bonchev–Trinajstić information content (AvgIpc) is 3.28. The Hall–Kier alpha value is -4.63. The summed E-state index contributed by atoms with van der Waals surface area (Å²) < 4.78 is 8.41. The molecule has 0 amide bonds. The lowest BCUT2D eigenvalue weighted by Gasteiger charge is -2.16. The van der Waals surface area contributed by atoms with Crippen LogP contribution in [0, 0.1) is 0 Å². The highest BCUT2D eigenvalue weighted by Gasteiger charge is 2.14. The number of rotatable bonds is 2. The van der Waals surface area contributed by atoms with Crippen molar-refractivity contribution in [1.82, 2.24) is 4.57 Å². The molecule has 0 aliphatic heterocycles. The van der Waals surface area contributed by atoms with Crippen molar-refractivity contribution < 1.29 is 4.42 Å². The zero-order chi connectivity index (χ0) is 22.6. The summed E-state index contributed by atoms with van der Waals surface area (Å²) in [6.45, 7) is 0. The van der Waals surface area contributed by atoms with Gasteiger partial charge >= 0.3 is 0 Å². The van der Waals surface area contributed by atoms with Gasteiger partial charge in [-0.25, -0.2) is 0 Å². The molecule has 5 aromatic carbocycles. The molecular formula is C31H19NO2. The summed E-state index contributed by atoms with van der Waals surface area (Å²) in [7, 11) is 0. The minimum Gasteiger partial charge on any atom is -0.455 e. The molecule has 0 aliphatic carbocycles. The van der Waals surface area contributed by atoms with Crippen molar-refractivity contribution in [2.24, 2.45) is 0 Å². The van der Waals surface area contributed by atoms with E-state index in [2.05, 4.69) is 53.1 Å². The lowest BCUT2D eigenvalue weighted by Crippen LogP contribution is -2.10. The van der Waals surface area contributed by atoms with E-state index >= 15 is 0 Å². The van der Waals surface area contributed by atoms with Crippen molar-refractivity contribution in [3.05, 3.63) is 125 Å². The van der Waals surface area contributed by atoms with E-state index in [1.54, 1.807) is 0 Å². The lowest BCUT2D eigenvalue weighted by atomic mass is 10.0. The maximum atomic E-state index is 13.1. The zero-order valence-electron chi connectivity index (χ0n) is 18.2. The maximum absolute atomic E-state index is 13.1. The van der Waals surface area contributed by atoms with Crippen LogP contribution in [-0.4, -0.2) is 4.57 Å². The van der Waals surface area contributed by atoms with Gasteiger partial charge in [0.25, 0.3) is 0 Å². The minimum absolute atomic E-state index is 0.0654. The molecule has 0 aliphatic rings. The lowest BCUT2D eigenvalue weighted by molar-refractivity contribution is 0.670. The number of furan rings is 1. The van der Waals surface area contributed by atoms with Gasteiger partial charge in [-0.3, -0.25) is 4.79 Å². The second-order valence-corrected chi connectivity index (χ2v) is 8.53. The van der Waals surface area contributed by atoms with Gasteiger partial charge in [-0.15, -0.1) is 0 Å². The summed E-state index contributed by atoms with van der Waals surface area (Å²) in [6.07, 6.45) is 0. The molecule has 0 saturated heterocycles. The first kappa shape index (κ1) is 18.9. The van der Waals surface area contributed by atoms with Crippen molar-refractivity contribution in [2.45, 2.75) is 0 Å². The number of hydrogen-bond acceptors (Lipinski definition) is 2. The molecular weight excluding hydrogens is 418 g/mol. The Bertz CT molecular complexity index is 1860. The second-order valence-electron chi connectivity index (χ2n) is 8.53. The van der Waals surface area contributed by atoms with Gasteiger partial charge in [-0.2, -0.15) is 0 Å². The molecule has 3 heteroatoms. The van der Waals surface area contributed by atoms with Crippen molar-refractivity contribution >= 4 is 43.7 Å². The SMILES string of the molecule is O=c1c2ccccc2n(-c2ccc(-c3cccc4c3oc3ccccc34)cc2)c2ccccc12. The third-order valence-electron chi connectivity index (χ3n) is 6.62. The first-order valence-corrected chi connectivity index (χ1v) is 11.3. The van der Waals surface area contributed by atoms with Crippen molar-refractivity contribution in [3.8, 4) is 16.8 Å². The largest absolute Gasteiger partial charge is 0.455 e. The average molecular weight is 437 g/mol. The molecule has 7 rings (SSSR count). The standard InChI is InChI=1S/C31H19NO2/c33-30-25-9-1-4-13-27(25)32(28-14-5-2-10-26(28)30)21-18-16-20(17-19-21)22-11-7-12-24-23-8-3-6-15-29(23)34-31(22)24/h1-19H. The number of fused-ring (bicyclic) bond motifs is 5. The predicted molar refractivity (Wildman–Crippen MR) is 140 cm³/mol. The molecule has 2 aromatic heterocycles. The van der Waals surface area contributed by atoms with E-state index in [1.807, 2.05) is 66.7 Å². The molecule has 0 bridgehead atoms. The Morgan fingerprint density at radius 2 is 1.12 bits per heavy atom. The summed E-state index contributed by atoms with van der Waals surface area (Å²) >= 11 is 0. The quantitative estimate of drug-likeness (QED) is 0.260. The van der Waals surface area contributed by atoms with Gasteiger partial charge in [-0.1, -0.05) is 72.8 Å². The number of hydrogen-bond donors (Lipinski definition) is 0. The first-order valence-electron chi connectivity index (χ1n) is 11.3. The topological polar surface area (TPSA) is 35.1 Å². The fourth-order valence-electron chi connectivity index (χ4n) is 5.04. The van der Waals surface area contributed by atoms with Crippen LogP contribution >= 0.6 is 0 Å². The summed E-state index contributed by atoms with van der Waals surface area (Å²) in [5.41, 5.74) is 6.82. The van der Waals surface area contributed by atoms with E-state index in [0.29, 0.717) is 0 Å². The van der Waals surface area contributed by atoms with Gasteiger partial charge in [0.2, 0.25) is 0 Å². The number of aromatic nitrogens is 1. The van der Waals surface area contributed by atoms with Gasteiger partial charge in [0.1, 0.15) is 11.2 Å². The van der Waals surface area contributed by atoms with Gasteiger partial charge in [0, 0.05) is 32.8 Å². The van der Waals surface area contributed by atoms with Crippen LogP contribution in [0.25, 0.3) is 60.6 Å². The Kier molecular flexibility index (Phi) is 4.00. The molecule has 7 aromatic rings. The fraction of sp³-hybridized carbons (Fsp3) is 0. The molecule has 0 spiro atoms. The highest BCUT2D eigenvalue weighted by molar-refractivity contribution is 6.09. The van der Waals surface area contributed by atoms with Crippen LogP contribution in [0.4, 0.5) is 0 Å². The van der Waals surface area contributed by atoms with Crippen LogP contribution in [0.2, 0.25) is 0 Å². The van der Waals surface area contributed by atoms with Crippen LogP contribution in [0.15, 0.2) is 124 Å². The third-order valence-corrected chi connectivity index (χ3v) is 6.62. The molecule has 34 heavy (non-hydrogen) atoms. The van der Waals surface area contributed by atoms with E-state index in [9.17, 15) is 4.79 Å². The summed E-state index contributed by atoms with van der Waals surface area (Å²) in [5, 5.41) is 3.69. The van der Waals surface area contributed by atoms with Gasteiger partial charge in [0.05, 0.1) is 11.0 Å². The summed E-state index contributed by atoms with van der Waals surface area (Å²) in [5.74, 6) is 0. The Morgan fingerprint density at radius 1 is 0.529 bits per heavy atom. The van der Waals surface area contributed by atoms with Crippen LogP contribution < -0.4 is 5.43 Å². The van der Waals surface area contributed by atoms with Gasteiger partial charge < -0.3 is 8.98 Å². The van der Waals surface area contributed by atoms with Crippen molar-refractivity contribution in [3.63, 3.8) is 0 Å². The van der Waals surface area contributed by atoms with E-state index < -0.39 is 0 Å². The molecule has 0 N–H and O–H groups in total. The van der Waals surface area contributed by atoms with Gasteiger partial charge in [-0.05, 0) is 48.0 Å². The van der Waals surface area contributed by atoms with Crippen LogP contribution in [0.1, 0.15) is 0 Å². The molecule has 2 heterocycles. The van der Waals surface area contributed by atoms with E-state index in [0.717, 1.165) is 60.6 Å². The Morgan fingerprint density at radius 3 is 1.82 bits per heavy atom. The first-order chi connectivity index (χ1) is 16.8. The predicted octanol–water partition coefficient (Wildman–Crippen LogP) is 7.71. The number of pyridine rings is 1. The molecule has 0 radical (unpaired) electrons. The number of para-hydroxylation sites is 4. The smallest absolute Gasteiger partial charge is 0.197 e. The fourth-order valence-corrected chi connectivity index (χ4v) is 5.04. The monoisotopic (exact) mass is 437 g/mol. The molecule has 0 saturated carbocycles. The third kappa shape index (κ3) is 2.67. The molecule has 0 atom stereocenters. The normalized spacial score (nSPS) is 11.6. The summed E-state index contributed by atoms with van der Waals surface area (Å²) in [6, 6.07) is 38.5. The van der Waals surface area contributed by atoms with Crippen molar-refractivity contribution in [2.75, 3.05) is 0 Å². The Balaban J connectivity index is 1.45. The molecule has 0 fully saturated rings. The van der Waals surface area contributed by atoms with Crippen molar-refractivity contribution in [1.29, 1.82) is 0 Å². The highest BCUT2D eigenvalue weighted by Crippen LogP contribution is 2.36. The highest BCUT2D eigenvalue weighted by atomic mass is 16.3. The zero-order valence-corrected chi connectivity index (χ0v) is 18.2. The van der Waals surface area contributed by atoms with E-state index in [-0.39, 0.29) is 5.43 Å². The van der Waals surface area contributed by atoms with Crippen LogP contribution in [0.3, 0.4) is 0 Å². The summed E-state index contributed by atoms with van der Waals surface area (Å²) in [4.78, 5) is 13.1. The molecule has 3 nitrogen and oxygen atoms in total. The van der Waals surface area contributed by atoms with E-state index in [4.69, 9.17) is 4.42 Å². The second kappa shape index (κ2) is 7.19. The Labute approximate surface area is 195 Å². The molecule has 0 unspecified atom stereocenters. The number of benzene rings is 5. The minimum atomic E-state index is 0.0654. The van der Waals surface area contributed by atoms with Crippen LogP contribution in [0.5, 0.6) is 0 Å². The molecule has 160 valence electrons.